The summed E-state index contributed by atoms with van der Waals surface area (Å²) in [6.07, 6.45) is 0. The van der Waals surface area contributed by atoms with Crippen molar-refractivity contribution in [1.29, 1.82) is 0 Å². The van der Waals surface area contributed by atoms with Gasteiger partial charge in [-0.1, -0.05) is 31.9 Å². The maximum Gasteiger partial charge on any atom is 0.339 e. The van der Waals surface area contributed by atoms with Crippen molar-refractivity contribution in [2.24, 2.45) is 0 Å². The van der Waals surface area contributed by atoms with E-state index in [1.54, 1.807) is 18.2 Å². The Kier molecular flexibility index (Phi) is 4.85. The van der Waals surface area contributed by atoms with Crippen LogP contribution >= 0.6 is 31.9 Å². The zero-order chi connectivity index (χ0) is 15.6. The molecule has 0 aliphatic carbocycles. The van der Waals surface area contributed by atoms with Gasteiger partial charge in [-0.2, -0.15) is 8.42 Å². The van der Waals surface area contributed by atoms with Gasteiger partial charge >= 0.3 is 10.1 Å². The lowest BCUT2D eigenvalue weighted by atomic mass is 10.1. The van der Waals surface area contributed by atoms with E-state index in [4.69, 9.17) is 4.18 Å². The van der Waals surface area contributed by atoms with Crippen LogP contribution in [-0.2, 0) is 10.1 Å². The zero-order valence-corrected chi connectivity index (χ0v) is 14.8. The third kappa shape index (κ3) is 3.93. The molecule has 4 nitrogen and oxygen atoms in total. The van der Waals surface area contributed by atoms with Crippen LogP contribution in [-0.4, -0.2) is 14.2 Å². The average Bonchev–Trinajstić information content (AvgIpc) is 2.41. The predicted molar refractivity (Wildman–Crippen MR) is 86.1 cm³/mol. The average molecular weight is 434 g/mol. The van der Waals surface area contributed by atoms with Crippen LogP contribution in [0.1, 0.15) is 17.3 Å². The third-order valence-corrected chi connectivity index (χ3v) is 4.89. The minimum atomic E-state index is -3.99. The number of carbonyl (C=O) groups excluding carboxylic acids is 1. The third-order valence-electron chi connectivity index (χ3n) is 2.62. The molecule has 2 aromatic rings. The summed E-state index contributed by atoms with van der Waals surface area (Å²) in [5.41, 5.74) is 0.199. The highest BCUT2D eigenvalue weighted by Crippen LogP contribution is 2.27. The molecule has 2 rings (SSSR count). The highest BCUT2D eigenvalue weighted by Gasteiger charge is 2.20. The number of carbonyl (C=O) groups is 1. The van der Waals surface area contributed by atoms with Crippen LogP contribution in [0, 0.1) is 0 Å². The summed E-state index contributed by atoms with van der Waals surface area (Å²) in [5, 5.41) is 0. The summed E-state index contributed by atoms with van der Waals surface area (Å²) in [7, 11) is -3.99. The van der Waals surface area contributed by atoms with Gasteiger partial charge in [-0.3, -0.25) is 4.79 Å². The summed E-state index contributed by atoms with van der Waals surface area (Å²) in [4.78, 5) is 11.6. The van der Waals surface area contributed by atoms with Gasteiger partial charge < -0.3 is 4.18 Å². The normalized spacial score (nSPS) is 11.2. The number of hydrogen-bond donors (Lipinski definition) is 0. The molecule has 0 fully saturated rings. The second-order valence-corrected chi connectivity index (χ2v) is 7.57. The van der Waals surface area contributed by atoms with Crippen molar-refractivity contribution in [3.05, 3.63) is 57.0 Å². The fourth-order valence-corrected chi connectivity index (χ4v) is 3.19. The van der Waals surface area contributed by atoms with E-state index in [2.05, 4.69) is 31.9 Å². The van der Waals surface area contributed by atoms with Gasteiger partial charge in [-0.25, -0.2) is 0 Å². The molecule has 0 atom stereocenters. The van der Waals surface area contributed by atoms with Gasteiger partial charge in [0.2, 0.25) is 0 Å². The molecule has 0 aliphatic heterocycles. The van der Waals surface area contributed by atoms with Gasteiger partial charge in [0.05, 0.1) is 5.56 Å². The Morgan fingerprint density at radius 3 is 2.14 bits per heavy atom. The molecule has 0 saturated heterocycles. The molecule has 0 radical (unpaired) electrons. The van der Waals surface area contributed by atoms with Crippen LogP contribution in [0.15, 0.2) is 56.3 Å². The first-order valence-corrected chi connectivity index (χ1v) is 8.79. The topological polar surface area (TPSA) is 60.4 Å². The Bertz CT molecular complexity index is 783. The van der Waals surface area contributed by atoms with Crippen molar-refractivity contribution in [3.63, 3.8) is 0 Å². The van der Waals surface area contributed by atoms with Crippen molar-refractivity contribution in [3.8, 4) is 5.75 Å². The quantitative estimate of drug-likeness (QED) is 0.535. The zero-order valence-electron chi connectivity index (χ0n) is 10.8. The molecule has 7 heteroatoms. The molecular formula is C14H10Br2O4S. The van der Waals surface area contributed by atoms with E-state index < -0.39 is 10.1 Å². The van der Waals surface area contributed by atoms with Gasteiger partial charge in [0.15, 0.2) is 11.5 Å². The molecule has 0 aliphatic rings. The van der Waals surface area contributed by atoms with Crippen molar-refractivity contribution in [2.75, 3.05) is 0 Å². The lowest BCUT2D eigenvalue weighted by Crippen LogP contribution is -2.11. The molecule has 0 bridgehead atoms. The minimum Gasteiger partial charge on any atom is -0.378 e. The van der Waals surface area contributed by atoms with Crippen LogP contribution < -0.4 is 4.18 Å². The van der Waals surface area contributed by atoms with Crippen molar-refractivity contribution in [2.45, 2.75) is 11.8 Å². The van der Waals surface area contributed by atoms with Crippen molar-refractivity contribution < 1.29 is 17.4 Å². The molecule has 0 spiro atoms. The molecule has 0 amide bonds. The van der Waals surface area contributed by atoms with Crippen LogP contribution in [0.25, 0.3) is 0 Å². The second kappa shape index (κ2) is 6.29. The maximum absolute atomic E-state index is 12.2. The van der Waals surface area contributed by atoms with Crippen molar-refractivity contribution >= 4 is 47.8 Å². The van der Waals surface area contributed by atoms with E-state index in [0.717, 1.165) is 4.47 Å². The maximum atomic E-state index is 12.2. The lowest BCUT2D eigenvalue weighted by molar-refractivity contribution is 0.101. The van der Waals surface area contributed by atoms with E-state index >= 15 is 0 Å². The molecule has 21 heavy (non-hydrogen) atoms. The summed E-state index contributed by atoms with van der Waals surface area (Å²) >= 11 is 6.47. The first kappa shape index (κ1) is 16.2. The largest absolute Gasteiger partial charge is 0.378 e. The molecular weight excluding hydrogens is 424 g/mol. The van der Waals surface area contributed by atoms with Gasteiger partial charge in [0, 0.05) is 8.95 Å². The number of benzene rings is 2. The molecule has 0 heterocycles. The molecule has 0 N–H and O–H groups in total. The first-order chi connectivity index (χ1) is 9.79. The van der Waals surface area contributed by atoms with Crippen LogP contribution in [0.4, 0.5) is 0 Å². The lowest BCUT2D eigenvalue weighted by Gasteiger charge is -2.10. The fraction of sp³-hybridized carbons (Fsp3) is 0.0714. The number of hydrogen-bond acceptors (Lipinski definition) is 4. The summed E-state index contributed by atoms with van der Waals surface area (Å²) in [5.74, 6) is -0.272. The molecule has 0 aromatic heterocycles. The molecule has 0 unspecified atom stereocenters. The van der Waals surface area contributed by atoms with Gasteiger partial charge in [0.1, 0.15) is 4.90 Å². The Morgan fingerprint density at radius 1 is 1.00 bits per heavy atom. The van der Waals surface area contributed by atoms with E-state index in [9.17, 15) is 13.2 Å². The van der Waals surface area contributed by atoms with E-state index in [1.807, 2.05) is 0 Å². The van der Waals surface area contributed by atoms with E-state index in [0.29, 0.717) is 4.47 Å². The Labute approximate surface area is 139 Å². The Morgan fingerprint density at radius 2 is 1.57 bits per heavy atom. The summed E-state index contributed by atoms with van der Waals surface area (Å²) < 4.78 is 30.9. The van der Waals surface area contributed by atoms with Crippen LogP contribution in [0.2, 0.25) is 0 Å². The SMILES string of the molecule is CC(=O)c1cc(Br)ccc1OS(=O)(=O)c1ccc(Br)cc1. The van der Waals surface area contributed by atoms with Gasteiger partial charge in [-0.05, 0) is 49.4 Å². The first-order valence-electron chi connectivity index (χ1n) is 5.80. The second-order valence-electron chi connectivity index (χ2n) is 4.19. The standard InChI is InChI=1S/C14H10Br2O4S/c1-9(17)13-8-11(16)4-7-14(13)20-21(18,19)12-5-2-10(15)3-6-12/h2-8H,1H3. The predicted octanol–water partition coefficient (Wildman–Crippen LogP) is 4.18. The number of halogens is 2. The smallest absolute Gasteiger partial charge is 0.339 e. The molecule has 2 aromatic carbocycles. The highest BCUT2D eigenvalue weighted by molar-refractivity contribution is 9.10. The molecule has 110 valence electrons. The minimum absolute atomic E-state index is 0.00798. The van der Waals surface area contributed by atoms with Crippen LogP contribution in [0.5, 0.6) is 5.75 Å². The van der Waals surface area contributed by atoms with Crippen LogP contribution in [0.3, 0.4) is 0 Å². The van der Waals surface area contributed by atoms with Gasteiger partial charge in [0.25, 0.3) is 0 Å². The summed E-state index contributed by atoms with van der Waals surface area (Å²) in [6.45, 7) is 1.35. The van der Waals surface area contributed by atoms with E-state index in [-0.39, 0.29) is 22.0 Å². The number of rotatable bonds is 4. The summed E-state index contributed by atoms with van der Waals surface area (Å²) in [6, 6.07) is 10.6. The van der Waals surface area contributed by atoms with Crippen molar-refractivity contribution in [1.82, 2.24) is 0 Å². The van der Waals surface area contributed by atoms with E-state index in [1.165, 1.54) is 31.2 Å². The highest BCUT2D eigenvalue weighted by atomic mass is 79.9. The Balaban J connectivity index is 2.41. The fourth-order valence-electron chi connectivity index (χ4n) is 1.62. The molecule has 0 saturated carbocycles. The number of ketones is 1. The number of Topliss-reactive ketones (excluding diaryl/α,β-unsaturated/α-hetero) is 1. The Hall–Kier alpha value is -1.18. The monoisotopic (exact) mass is 432 g/mol. The van der Waals surface area contributed by atoms with Gasteiger partial charge in [-0.15, -0.1) is 0 Å².